The van der Waals surface area contributed by atoms with Gasteiger partial charge in [0.25, 0.3) is 5.56 Å². The van der Waals surface area contributed by atoms with Crippen LogP contribution >= 0.6 is 34.8 Å². The van der Waals surface area contributed by atoms with Gasteiger partial charge in [-0.15, -0.1) is 0 Å². The maximum Gasteiger partial charge on any atom is 0.269 e. The maximum absolute atomic E-state index is 11.9. The zero-order valence-corrected chi connectivity index (χ0v) is 12.2. The molecule has 1 heterocycles. The van der Waals surface area contributed by atoms with E-state index in [0.29, 0.717) is 15.6 Å². The van der Waals surface area contributed by atoms with Crippen LogP contribution in [0.15, 0.2) is 35.3 Å². The van der Waals surface area contributed by atoms with Gasteiger partial charge in [0.2, 0.25) is 0 Å². The van der Waals surface area contributed by atoms with Gasteiger partial charge in [0, 0.05) is 21.8 Å². The van der Waals surface area contributed by atoms with E-state index in [4.69, 9.17) is 34.8 Å². The first-order chi connectivity index (χ1) is 9.38. The molecule has 20 heavy (non-hydrogen) atoms. The summed E-state index contributed by atoms with van der Waals surface area (Å²) >= 11 is 17.5. The van der Waals surface area contributed by atoms with E-state index in [9.17, 15) is 14.7 Å². The Morgan fingerprint density at radius 2 is 1.85 bits per heavy atom. The summed E-state index contributed by atoms with van der Waals surface area (Å²) in [5.41, 5.74) is -0.0768. The number of aromatic carboxylic acids is 1. The van der Waals surface area contributed by atoms with Crippen molar-refractivity contribution in [1.29, 1.82) is 0 Å². The van der Waals surface area contributed by atoms with Gasteiger partial charge in [-0.3, -0.25) is 4.79 Å². The fourth-order valence-electron chi connectivity index (χ4n) is 1.66. The highest BCUT2D eigenvalue weighted by Gasteiger charge is 2.08. The van der Waals surface area contributed by atoms with E-state index >= 15 is 0 Å². The molecule has 0 N–H and O–H groups in total. The normalized spacial score (nSPS) is 10.6. The van der Waals surface area contributed by atoms with Gasteiger partial charge in [-0.2, -0.15) is 0 Å². The molecule has 2 aromatic rings. The molecule has 0 amide bonds. The van der Waals surface area contributed by atoms with Gasteiger partial charge < -0.3 is 14.5 Å². The average Bonchev–Trinajstić information content (AvgIpc) is 2.37. The Morgan fingerprint density at radius 1 is 1.15 bits per heavy atom. The van der Waals surface area contributed by atoms with E-state index in [1.165, 1.54) is 6.07 Å². The summed E-state index contributed by atoms with van der Waals surface area (Å²) in [7, 11) is 0. The van der Waals surface area contributed by atoms with Crippen molar-refractivity contribution in [2.45, 2.75) is 6.54 Å². The first-order valence-corrected chi connectivity index (χ1v) is 6.57. The SMILES string of the molecule is O=C([O-])c1cc(Cl)c(=O)n(Cc2ccc(Cl)cc2Cl)c1. The van der Waals surface area contributed by atoms with Crippen LogP contribution in [0.2, 0.25) is 15.1 Å². The molecule has 2 rings (SSSR count). The average molecular weight is 332 g/mol. The number of hydrogen-bond donors (Lipinski definition) is 0. The van der Waals surface area contributed by atoms with Gasteiger partial charge in [0.1, 0.15) is 5.02 Å². The monoisotopic (exact) mass is 330 g/mol. The molecule has 0 spiro atoms. The Kier molecular flexibility index (Phi) is 4.38. The lowest BCUT2D eigenvalue weighted by Crippen LogP contribution is -2.27. The standard InChI is InChI=1S/C13H8Cl3NO3/c14-9-2-1-7(10(15)4-9)5-17-6-8(13(19)20)3-11(16)12(17)18/h1-4,6H,5H2,(H,19,20)/p-1. The number of carboxylic acids is 1. The van der Waals surface area contributed by atoms with Crippen molar-refractivity contribution in [1.82, 2.24) is 4.57 Å². The minimum absolute atomic E-state index is 0.0790. The Labute approximate surface area is 129 Å². The van der Waals surface area contributed by atoms with Gasteiger partial charge in [0.15, 0.2) is 0 Å². The van der Waals surface area contributed by atoms with E-state index in [1.807, 2.05) is 0 Å². The first-order valence-electron chi connectivity index (χ1n) is 5.43. The first kappa shape index (κ1) is 14.9. The van der Waals surface area contributed by atoms with Crippen LogP contribution in [-0.4, -0.2) is 10.5 Å². The predicted octanol–water partition coefficient (Wildman–Crippen LogP) is 2.22. The molecule has 7 heteroatoms. The molecule has 0 aliphatic carbocycles. The number of pyridine rings is 1. The summed E-state index contributed by atoms with van der Waals surface area (Å²) in [5.74, 6) is -1.41. The molecule has 0 unspecified atom stereocenters. The van der Waals surface area contributed by atoms with Crippen LogP contribution < -0.4 is 10.7 Å². The molecule has 0 fully saturated rings. The predicted molar refractivity (Wildman–Crippen MR) is 75.6 cm³/mol. The quantitative estimate of drug-likeness (QED) is 0.866. The third kappa shape index (κ3) is 3.15. The van der Waals surface area contributed by atoms with Crippen molar-refractivity contribution < 1.29 is 9.90 Å². The van der Waals surface area contributed by atoms with E-state index in [-0.39, 0.29) is 17.1 Å². The number of hydrogen-bond acceptors (Lipinski definition) is 3. The molecule has 0 aliphatic rings. The Hall–Kier alpha value is -1.49. The third-order valence-corrected chi connectivity index (χ3v) is 3.49. The number of halogens is 3. The Morgan fingerprint density at radius 3 is 2.45 bits per heavy atom. The minimum Gasteiger partial charge on any atom is -0.545 e. The van der Waals surface area contributed by atoms with Crippen LogP contribution in [0.4, 0.5) is 0 Å². The van der Waals surface area contributed by atoms with Crippen molar-refractivity contribution in [3.05, 3.63) is 67.0 Å². The minimum atomic E-state index is -1.41. The highest BCUT2D eigenvalue weighted by molar-refractivity contribution is 6.35. The number of carboxylic acid groups (broad SMARTS) is 1. The molecule has 1 aromatic carbocycles. The second kappa shape index (κ2) is 5.87. The van der Waals surface area contributed by atoms with Crippen molar-refractivity contribution in [2.75, 3.05) is 0 Å². The van der Waals surface area contributed by atoms with Crippen LogP contribution in [0, 0.1) is 0 Å². The van der Waals surface area contributed by atoms with E-state index in [0.717, 1.165) is 16.8 Å². The lowest BCUT2D eigenvalue weighted by atomic mass is 10.2. The lowest BCUT2D eigenvalue weighted by Gasteiger charge is -2.11. The van der Waals surface area contributed by atoms with Gasteiger partial charge in [-0.05, 0) is 23.8 Å². The fraction of sp³-hybridized carbons (Fsp3) is 0.0769. The zero-order chi connectivity index (χ0) is 14.9. The second-order valence-corrected chi connectivity index (χ2v) is 5.28. The molecule has 1 aromatic heterocycles. The van der Waals surface area contributed by atoms with E-state index in [2.05, 4.69) is 0 Å². The Balaban J connectivity index is 2.47. The molecule has 0 aliphatic heterocycles. The van der Waals surface area contributed by atoms with Crippen LogP contribution in [-0.2, 0) is 6.54 Å². The summed E-state index contributed by atoms with van der Waals surface area (Å²) < 4.78 is 1.16. The van der Waals surface area contributed by atoms with Gasteiger partial charge in [0.05, 0.1) is 12.5 Å². The number of nitrogens with zero attached hydrogens (tertiary/aromatic N) is 1. The van der Waals surface area contributed by atoms with E-state index < -0.39 is 11.5 Å². The van der Waals surface area contributed by atoms with Crippen molar-refractivity contribution >= 4 is 40.8 Å². The molecular weight excluding hydrogens is 325 g/mol. The largest absolute Gasteiger partial charge is 0.545 e. The summed E-state index contributed by atoms with van der Waals surface area (Å²) in [5, 5.41) is 11.5. The lowest BCUT2D eigenvalue weighted by molar-refractivity contribution is -0.255. The van der Waals surface area contributed by atoms with Gasteiger partial charge >= 0.3 is 0 Å². The number of aromatic nitrogens is 1. The van der Waals surface area contributed by atoms with E-state index in [1.54, 1.807) is 12.1 Å². The van der Waals surface area contributed by atoms with Crippen molar-refractivity contribution in [3.63, 3.8) is 0 Å². The Bertz CT molecular complexity index is 740. The number of carbonyl (C=O) groups excluding carboxylic acids is 1. The summed E-state index contributed by atoms with van der Waals surface area (Å²) in [4.78, 5) is 22.7. The van der Waals surface area contributed by atoms with Crippen LogP contribution in [0.25, 0.3) is 0 Å². The molecule has 0 saturated carbocycles. The molecule has 0 radical (unpaired) electrons. The van der Waals surface area contributed by atoms with Gasteiger partial charge in [-0.1, -0.05) is 40.9 Å². The maximum atomic E-state index is 11.9. The molecular formula is C13H7Cl3NO3-. The summed E-state index contributed by atoms with van der Waals surface area (Å²) in [6.07, 6.45) is 1.16. The molecule has 4 nitrogen and oxygen atoms in total. The zero-order valence-electron chi connectivity index (χ0n) is 9.90. The highest BCUT2D eigenvalue weighted by atomic mass is 35.5. The number of carbonyl (C=O) groups is 1. The van der Waals surface area contributed by atoms with Crippen molar-refractivity contribution in [2.24, 2.45) is 0 Å². The highest BCUT2D eigenvalue weighted by Crippen LogP contribution is 2.21. The topological polar surface area (TPSA) is 62.1 Å². The summed E-state index contributed by atoms with van der Waals surface area (Å²) in [6, 6.07) is 5.86. The molecule has 0 atom stereocenters. The third-order valence-electron chi connectivity index (χ3n) is 2.63. The summed E-state index contributed by atoms with van der Waals surface area (Å²) in [6.45, 7) is 0.0790. The fourth-order valence-corrected chi connectivity index (χ4v) is 2.36. The smallest absolute Gasteiger partial charge is 0.269 e. The van der Waals surface area contributed by atoms with Crippen LogP contribution in [0.5, 0.6) is 0 Å². The number of rotatable bonds is 3. The van der Waals surface area contributed by atoms with Crippen LogP contribution in [0.3, 0.4) is 0 Å². The molecule has 0 saturated heterocycles. The second-order valence-electron chi connectivity index (χ2n) is 4.03. The van der Waals surface area contributed by atoms with Crippen LogP contribution in [0.1, 0.15) is 15.9 Å². The van der Waals surface area contributed by atoms with Crippen molar-refractivity contribution in [3.8, 4) is 0 Å². The molecule has 0 bridgehead atoms. The molecule has 104 valence electrons. The number of benzene rings is 1. The van der Waals surface area contributed by atoms with Gasteiger partial charge in [-0.25, -0.2) is 0 Å².